The number of nitrogens with two attached hydrogens (primary N) is 1. The maximum atomic E-state index is 15.0. The second kappa shape index (κ2) is 8.99. The lowest BCUT2D eigenvalue weighted by molar-refractivity contribution is -0.0515. The molecule has 32 heavy (non-hydrogen) atoms. The van der Waals surface area contributed by atoms with Crippen LogP contribution >= 0.6 is 11.8 Å². The molecule has 0 spiro atoms. The van der Waals surface area contributed by atoms with Crippen molar-refractivity contribution in [2.75, 3.05) is 17.7 Å². The second-order valence-electron chi connectivity index (χ2n) is 7.52. The smallest absolute Gasteiger partial charge is 0.387 e. The van der Waals surface area contributed by atoms with Gasteiger partial charge in [0.15, 0.2) is 5.17 Å². The SMILES string of the molecule is C[C@@H]1OCC[C@@]2(c3cc(NC(=O)c4ccc(OC(F)F)cn4)ccc3F)N=C(N)SC[C@H]12. The van der Waals surface area contributed by atoms with E-state index in [1.165, 1.54) is 36.0 Å². The quantitative estimate of drug-likeness (QED) is 0.696. The molecule has 3 heterocycles. The van der Waals surface area contributed by atoms with Gasteiger partial charge in [0, 0.05) is 35.9 Å². The Morgan fingerprint density at radius 1 is 1.38 bits per heavy atom. The number of carbonyl (C=O) groups excluding carboxylic acids is 1. The van der Waals surface area contributed by atoms with Crippen LogP contribution in [0.1, 0.15) is 29.4 Å². The molecule has 1 amide bonds. The van der Waals surface area contributed by atoms with Crippen molar-refractivity contribution in [1.82, 2.24) is 4.98 Å². The van der Waals surface area contributed by atoms with Gasteiger partial charge in [-0.2, -0.15) is 8.78 Å². The van der Waals surface area contributed by atoms with Crippen molar-refractivity contribution in [3.05, 3.63) is 53.6 Å². The molecule has 170 valence electrons. The van der Waals surface area contributed by atoms with Crippen LogP contribution in [0.15, 0.2) is 41.5 Å². The second-order valence-corrected chi connectivity index (χ2v) is 8.56. The minimum Gasteiger partial charge on any atom is -0.433 e. The molecule has 0 unspecified atom stereocenters. The number of thioether (sulfide) groups is 1. The summed E-state index contributed by atoms with van der Waals surface area (Å²) in [4.78, 5) is 21.1. The topological polar surface area (TPSA) is 98.8 Å². The number of hydrogen-bond donors (Lipinski definition) is 2. The Labute approximate surface area is 186 Å². The molecule has 11 heteroatoms. The zero-order valence-corrected chi connectivity index (χ0v) is 17.9. The van der Waals surface area contributed by atoms with Crippen LogP contribution in [0.25, 0.3) is 0 Å². The molecule has 1 aromatic carbocycles. The number of hydrogen-bond acceptors (Lipinski definition) is 7. The standard InChI is InChI=1S/C21H21F3N4O3S/c1-11-15-10-32-20(25)28-21(15,6-7-30-11)14-8-12(2-4-16(14)22)27-18(29)17-5-3-13(9-26-17)31-19(23)24/h2-5,8-9,11,15,19H,6-7,10H2,1H3,(H2,25,28)(H,27,29)/t11-,15+,21-/m0/s1. The molecule has 1 fully saturated rings. The third-order valence-corrected chi connectivity index (χ3v) is 6.56. The van der Waals surface area contributed by atoms with Gasteiger partial charge in [-0.1, -0.05) is 11.8 Å². The monoisotopic (exact) mass is 466 g/mol. The van der Waals surface area contributed by atoms with Crippen LogP contribution in [0, 0.1) is 11.7 Å². The lowest BCUT2D eigenvalue weighted by Gasteiger charge is -2.47. The molecule has 0 saturated carbocycles. The fraction of sp³-hybridized carbons (Fsp3) is 0.381. The normalized spacial score (nSPS) is 25.1. The number of halogens is 3. The van der Waals surface area contributed by atoms with Gasteiger partial charge in [-0.15, -0.1) is 0 Å². The Kier molecular flexibility index (Phi) is 6.29. The van der Waals surface area contributed by atoms with E-state index in [0.717, 1.165) is 6.20 Å². The third kappa shape index (κ3) is 4.40. The third-order valence-electron chi connectivity index (χ3n) is 5.65. The van der Waals surface area contributed by atoms with Gasteiger partial charge in [-0.3, -0.25) is 9.79 Å². The van der Waals surface area contributed by atoms with E-state index in [0.29, 0.717) is 35.2 Å². The first-order valence-corrected chi connectivity index (χ1v) is 10.9. The van der Waals surface area contributed by atoms with Gasteiger partial charge < -0.3 is 20.5 Å². The number of aromatic nitrogens is 1. The molecule has 4 rings (SSSR count). The molecule has 0 radical (unpaired) electrons. The maximum absolute atomic E-state index is 15.0. The Bertz CT molecular complexity index is 1040. The van der Waals surface area contributed by atoms with Gasteiger partial charge in [-0.05, 0) is 37.3 Å². The van der Waals surface area contributed by atoms with Crippen LogP contribution in [-0.4, -0.2) is 41.1 Å². The summed E-state index contributed by atoms with van der Waals surface area (Å²) in [6, 6.07) is 6.74. The number of anilines is 1. The van der Waals surface area contributed by atoms with Crippen LogP contribution < -0.4 is 15.8 Å². The summed E-state index contributed by atoms with van der Waals surface area (Å²) in [5, 5.41) is 3.05. The van der Waals surface area contributed by atoms with Crippen molar-refractivity contribution in [1.29, 1.82) is 0 Å². The highest BCUT2D eigenvalue weighted by atomic mass is 32.2. The van der Waals surface area contributed by atoms with Crippen LogP contribution in [-0.2, 0) is 10.3 Å². The fourth-order valence-electron chi connectivity index (χ4n) is 4.12. The predicted octanol–water partition coefficient (Wildman–Crippen LogP) is 3.76. The first-order valence-electron chi connectivity index (χ1n) is 9.90. The van der Waals surface area contributed by atoms with E-state index in [1.807, 2.05) is 6.92 Å². The average molecular weight is 466 g/mol. The number of aliphatic imine (C=N–C) groups is 1. The predicted molar refractivity (Wildman–Crippen MR) is 115 cm³/mol. The number of ether oxygens (including phenoxy) is 2. The highest BCUT2D eigenvalue weighted by molar-refractivity contribution is 8.13. The zero-order valence-electron chi connectivity index (χ0n) is 17.1. The lowest BCUT2D eigenvalue weighted by Crippen LogP contribution is -2.50. The van der Waals surface area contributed by atoms with E-state index in [-0.39, 0.29) is 23.5 Å². The summed E-state index contributed by atoms with van der Waals surface area (Å²) in [7, 11) is 0. The molecule has 0 bridgehead atoms. The number of alkyl halides is 2. The number of benzene rings is 1. The molecule has 1 aromatic heterocycles. The number of pyridine rings is 1. The van der Waals surface area contributed by atoms with Crippen LogP contribution in [0.5, 0.6) is 5.75 Å². The van der Waals surface area contributed by atoms with Crippen LogP contribution in [0.3, 0.4) is 0 Å². The molecule has 0 aliphatic carbocycles. The summed E-state index contributed by atoms with van der Waals surface area (Å²) in [5.74, 6) is -0.633. The molecule has 1 saturated heterocycles. The zero-order chi connectivity index (χ0) is 22.9. The first-order chi connectivity index (χ1) is 15.3. The minimum atomic E-state index is -2.99. The molecule has 2 aliphatic heterocycles. The Hall–Kier alpha value is -2.79. The number of nitrogens with one attached hydrogen (secondary N) is 1. The van der Waals surface area contributed by atoms with Crippen molar-refractivity contribution in [3.63, 3.8) is 0 Å². The molecule has 2 aliphatic rings. The molecule has 2 aromatic rings. The number of amides is 1. The Morgan fingerprint density at radius 3 is 2.91 bits per heavy atom. The number of amidine groups is 1. The first kappa shape index (κ1) is 22.4. The van der Waals surface area contributed by atoms with E-state index < -0.39 is 23.9 Å². The number of carbonyl (C=O) groups is 1. The number of fused-ring (bicyclic) bond motifs is 1. The van der Waals surface area contributed by atoms with Crippen LogP contribution in [0.2, 0.25) is 0 Å². The van der Waals surface area contributed by atoms with E-state index in [1.54, 1.807) is 6.07 Å². The van der Waals surface area contributed by atoms with Gasteiger partial charge in [0.25, 0.3) is 5.91 Å². The highest BCUT2D eigenvalue weighted by Gasteiger charge is 2.49. The van der Waals surface area contributed by atoms with Gasteiger partial charge in [0.2, 0.25) is 0 Å². The largest absolute Gasteiger partial charge is 0.433 e. The fourth-order valence-corrected chi connectivity index (χ4v) is 5.24. The van der Waals surface area contributed by atoms with E-state index in [4.69, 9.17) is 10.5 Å². The summed E-state index contributed by atoms with van der Waals surface area (Å²) in [5.41, 5.74) is 5.80. The number of nitrogens with zero attached hydrogens (tertiary/aromatic N) is 2. The Balaban J connectivity index is 1.61. The summed E-state index contributed by atoms with van der Waals surface area (Å²) >= 11 is 1.41. The molecular weight excluding hydrogens is 445 g/mol. The minimum absolute atomic E-state index is 0.00967. The van der Waals surface area contributed by atoms with E-state index in [9.17, 15) is 13.6 Å². The van der Waals surface area contributed by atoms with Crippen molar-refractivity contribution >= 4 is 28.5 Å². The van der Waals surface area contributed by atoms with Gasteiger partial charge in [0.1, 0.15) is 17.3 Å². The van der Waals surface area contributed by atoms with Crippen molar-refractivity contribution in [3.8, 4) is 5.75 Å². The lowest BCUT2D eigenvalue weighted by atomic mass is 9.72. The molecular formula is C21H21F3N4O3S. The van der Waals surface area contributed by atoms with Crippen molar-refractivity contribution in [2.24, 2.45) is 16.6 Å². The molecule has 3 atom stereocenters. The highest BCUT2D eigenvalue weighted by Crippen LogP contribution is 2.48. The summed E-state index contributed by atoms with van der Waals surface area (Å²) in [6.07, 6.45) is 1.36. The molecule has 3 N–H and O–H groups in total. The van der Waals surface area contributed by atoms with E-state index in [2.05, 4.69) is 20.0 Å². The number of rotatable bonds is 5. The molecule has 7 nitrogen and oxygen atoms in total. The van der Waals surface area contributed by atoms with E-state index >= 15 is 4.39 Å². The van der Waals surface area contributed by atoms with Gasteiger partial charge >= 0.3 is 6.61 Å². The van der Waals surface area contributed by atoms with Gasteiger partial charge in [0.05, 0.1) is 17.8 Å². The summed E-state index contributed by atoms with van der Waals surface area (Å²) < 4.78 is 49.6. The van der Waals surface area contributed by atoms with Gasteiger partial charge in [-0.25, -0.2) is 9.37 Å². The van der Waals surface area contributed by atoms with Crippen molar-refractivity contribution in [2.45, 2.75) is 31.6 Å². The average Bonchev–Trinajstić information content (AvgIpc) is 2.75. The maximum Gasteiger partial charge on any atom is 0.387 e. The van der Waals surface area contributed by atoms with Crippen LogP contribution in [0.4, 0.5) is 18.9 Å². The Morgan fingerprint density at radius 2 is 2.19 bits per heavy atom. The summed E-state index contributed by atoms with van der Waals surface area (Å²) in [6.45, 7) is -0.640. The van der Waals surface area contributed by atoms with Crippen molar-refractivity contribution < 1.29 is 27.4 Å².